The maximum absolute atomic E-state index is 11.4. The predicted octanol–water partition coefficient (Wildman–Crippen LogP) is 2.81. The average molecular weight is 706 g/mol. The molecule has 1 unspecified atom stereocenters. The Kier molecular flexibility index (Phi) is 28.9. The Labute approximate surface area is 251 Å². The molecule has 0 amide bonds. The molecule has 14 nitrogen and oxygen atoms in total. The molecule has 0 aromatic heterocycles. The summed E-state index contributed by atoms with van der Waals surface area (Å²) in [4.78, 5) is 0. The lowest BCUT2D eigenvalue weighted by molar-refractivity contribution is 0.245. The van der Waals surface area contributed by atoms with E-state index in [0.717, 1.165) is 12.8 Å². The van der Waals surface area contributed by atoms with Gasteiger partial charge < -0.3 is 25.1 Å². The van der Waals surface area contributed by atoms with Crippen molar-refractivity contribution in [2.75, 3.05) is 78.8 Å². The molecule has 0 bridgehead atoms. The van der Waals surface area contributed by atoms with Crippen LogP contribution >= 0.6 is 45.5 Å². The van der Waals surface area contributed by atoms with Crippen LogP contribution in [0, 0.1) is 0 Å². The lowest BCUT2D eigenvalue weighted by Crippen LogP contribution is -2.28. The number of hydrogen-bond acceptors (Lipinski definition) is 11. The molecule has 20 heteroatoms. The van der Waals surface area contributed by atoms with Crippen molar-refractivity contribution in [3.63, 3.8) is 0 Å². The molecule has 40 heavy (non-hydrogen) atoms. The zero-order valence-electron chi connectivity index (χ0n) is 25.5. The molecule has 0 aromatic carbocycles. The third-order valence-electron chi connectivity index (χ3n) is 3.76. The van der Waals surface area contributed by atoms with Crippen LogP contribution in [0.25, 0.3) is 0 Å². The van der Waals surface area contributed by atoms with E-state index >= 15 is 0 Å². The maximum Gasteiger partial charge on any atom is 0.407 e. The summed E-state index contributed by atoms with van der Waals surface area (Å²) in [6.45, 7) is 14.6. The van der Waals surface area contributed by atoms with Gasteiger partial charge in [0.15, 0.2) is 0 Å². The quantitative estimate of drug-likeness (QED) is 0.0857. The molecular formula is C20H53Cl2N4O10P3S. The van der Waals surface area contributed by atoms with E-state index in [1.54, 1.807) is 52.1 Å². The van der Waals surface area contributed by atoms with Crippen molar-refractivity contribution in [2.24, 2.45) is 5.73 Å². The highest BCUT2D eigenvalue weighted by molar-refractivity contribution is 7.86. The van der Waals surface area contributed by atoms with Gasteiger partial charge in [0.2, 0.25) is 0 Å². The van der Waals surface area contributed by atoms with Gasteiger partial charge in [-0.3, -0.25) is 23.4 Å². The lowest BCUT2D eigenvalue weighted by atomic mass is 10.4. The van der Waals surface area contributed by atoms with E-state index in [-0.39, 0.29) is 43.3 Å². The first-order valence-corrected chi connectivity index (χ1v) is 21.5. The number of aliphatic hydroxyl groups is 2. The third kappa shape index (κ3) is 36.9. The zero-order valence-corrected chi connectivity index (χ0v) is 30.5. The molecule has 1 fully saturated rings. The van der Waals surface area contributed by atoms with Crippen LogP contribution in [0.4, 0.5) is 0 Å². The van der Waals surface area contributed by atoms with Crippen molar-refractivity contribution in [2.45, 2.75) is 51.9 Å². The first-order chi connectivity index (χ1) is 17.9. The summed E-state index contributed by atoms with van der Waals surface area (Å²) >= 11 is 9.53. The molecule has 1 aliphatic heterocycles. The predicted molar refractivity (Wildman–Crippen MR) is 167 cm³/mol. The largest absolute Gasteiger partial charge is 0.407 e. The summed E-state index contributed by atoms with van der Waals surface area (Å²) in [5.74, 6) is 0. The second-order valence-corrected chi connectivity index (χ2v) is 20.1. The summed E-state index contributed by atoms with van der Waals surface area (Å²) in [7, 11) is -7.95. The summed E-state index contributed by atoms with van der Waals surface area (Å²) in [6.07, 6.45) is 0.983. The highest BCUT2D eigenvalue weighted by Crippen LogP contribution is 2.57. The number of halogens is 2. The number of aliphatic hydroxyl groups excluding tert-OH is 2. The topological polar surface area (TPSA) is 207 Å². The van der Waals surface area contributed by atoms with Crippen molar-refractivity contribution in [1.82, 2.24) is 14.8 Å². The van der Waals surface area contributed by atoms with E-state index in [1.807, 2.05) is 6.92 Å². The van der Waals surface area contributed by atoms with Crippen molar-refractivity contribution in [1.29, 1.82) is 0 Å². The monoisotopic (exact) mass is 704 g/mol. The molecule has 1 aliphatic rings. The van der Waals surface area contributed by atoms with Crippen LogP contribution in [-0.2, 0) is 37.0 Å². The van der Waals surface area contributed by atoms with Crippen LogP contribution in [0.3, 0.4) is 0 Å². The Bertz CT molecular complexity index is 871. The molecule has 1 heterocycles. The highest BCUT2D eigenvalue weighted by Gasteiger charge is 2.45. The smallest absolute Gasteiger partial charge is 0.395 e. The van der Waals surface area contributed by atoms with Crippen LogP contribution in [-0.4, -0.2) is 126 Å². The first-order valence-electron chi connectivity index (χ1n) is 12.0. The van der Waals surface area contributed by atoms with Gasteiger partial charge in [-0.15, -0.1) is 23.2 Å². The van der Waals surface area contributed by atoms with Gasteiger partial charge in [0.1, 0.15) is 14.6 Å². The van der Waals surface area contributed by atoms with Crippen LogP contribution in [0.15, 0.2) is 0 Å². The van der Waals surface area contributed by atoms with Crippen LogP contribution < -0.4 is 15.9 Å². The Morgan fingerprint density at radius 2 is 1.27 bits per heavy atom. The van der Waals surface area contributed by atoms with Gasteiger partial charge in [-0.2, -0.15) is 8.42 Å². The second-order valence-electron chi connectivity index (χ2n) is 9.50. The summed E-state index contributed by atoms with van der Waals surface area (Å²) in [5, 5.41) is 22.3. The Balaban J connectivity index is -0.000000217. The minimum atomic E-state index is -3.40. The van der Waals surface area contributed by atoms with E-state index in [0.29, 0.717) is 6.04 Å². The second kappa shape index (κ2) is 24.2. The summed E-state index contributed by atoms with van der Waals surface area (Å²) < 4.78 is 70.5. The van der Waals surface area contributed by atoms with Crippen LogP contribution in [0.1, 0.15) is 27.7 Å². The lowest BCUT2D eigenvalue weighted by Gasteiger charge is -2.16. The highest BCUT2D eigenvalue weighted by atomic mass is 35.5. The Hall–Kier alpha value is 0.860. The van der Waals surface area contributed by atoms with Crippen molar-refractivity contribution in [3.8, 4) is 0 Å². The van der Waals surface area contributed by atoms with Gasteiger partial charge in [0, 0.05) is 71.6 Å². The molecule has 0 aromatic rings. The van der Waals surface area contributed by atoms with Gasteiger partial charge in [-0.25, -0.2) is 9.24 Å². The standard InChI is InChI=1S/C6H16NO4PS.C5H12NO3P.C5H14NO2P.C3H9NO.CH2Cl2/c1-6(7-12(2,3)8)5-11-13(4,9)10;1-5-4-6(5)10(7,8-2)9-3;1-5(4-7)6-9(2,3)8;1-3(4)2-5;2-1-3/h6H,5H2,1-4H3,(H,7,8);5H,4H2,1-3H3;5,7H,4H2,1-3H3,(H,6,8);3,5H,2,4H2,1H3;1H2/t6-;5-,6?;5-;3-;/m1111./s1. The third-order valence-corrected chi connectivity index (χ3v) is 8.56. The fourth-order valence-electron chi connectivity index (χ4n) is 2.21. The van der Waals surface area contributed by atoms with Gasteiger partial charge >= 0.3 is 7.75 Å². The van der Waals surface area contributed by atoms with Gasteiger partial charge in [-0.1, -0.05) is 0 Å². The molecular weight excluding hydrogens is 652 g/mol. The van der Waals surface area contributed by atoms with E-state index < -0.39 is 32.4 Å². The van der Waals surface area contributed by atoms with Gasteiger partial charge in [-0.05, 0) is 27.7 Å². The summed E-state index contributed by atoms with van der Waals surface area (Å²) in [5.41, 5.74) is 5.04. The molecule has 0 spiro atoms. The normalized spacial score (nSPS) is 19.0. The van der Waals surface area contributed by atoms with Crippen LogP contribution in [0.2, 0.25) is 0 Å². The Morgan fingerprint density at radius 3 is 1.43 bits per heavy atom. The number of hydrogen-bond donors (Lipinski definition) is 5. The summed E-state index contributed by atoms with van der Waals surface area (Å²) in [6, 6.07) is -0.0258. The van der Waals surface area contributed by atoms with Crippen molar-refractivity contribution in [3.05, 3.63) is 0 Å². The number of nitrogens with one attached hydrogen (secondary N) is 2. The molecule has 1 rings (SSSR count). The molecule has 0 aliphatic carbocycles. The molecule has 5 atom stereocenters. The molecule has 1 saturated heterocycles. The number of nitrogens with two attached hydrogens (primary N) is 1. The Morgan fingerprint density at radius 1 is 0.950 bits per heavy atom. The number of rotatable bonds is 12. The molecule has 0 saturated carbocycles. The van der Waals surface area contributed by atoms with E-state index in [1.165, 1.54) is 14.2 Å². The SMILES string of the molecule is COP(=O)(OC)N1C[C@H]1C.C[C@@H](N)CO.C[C@H](CO)NP(C)(C)=O.C[C@H](COS(C)(=O)=O)NP(C)(C)=O.ClCCl. The number of alkyl halides is 2. The zero-order chi connectivity index (χ0) is 33.0. The van der Waals surface area contributed by atoms with Crippen molar-refractivity contribution < 1.29 is 45.6 Å². The fourth-order valence-corrected chi connectivity index (χ4v) is 6.43. The average Bonchev–Trinajstić information content (AvgIpc) is 3.53. The number of nitrogens with zero attached hydrogens (tertiary/aromatic N) is 1. The first kappa shape index (κ1) is 47.8. The maximum atomic E-state index is 11.4. The van der Waals surface area contributed by atoms with Gasteiger partial charge in [0.05, 0.1) is 31.4 Å². The van der Waals surface area contributed by atoms with E-state index in [4.69, 9.17) is 48.2 Å². The van der Waals surface area contributed by atoms with E-state index in [2.05, 4.69) is 14.4 Å². The van der Waals surface area contributed by atoms with Gasteiger partial charge in [0.25, 0.3) is 10.1 Å². The minimum absolute atomic E-state index is 0.00447. The molecule has 0 radical (unpaired) electrons. The minimum Gasteiger partial charge on any atom is -0.395 e. The fraction of sp³-hybridized carbons (Fsp3) is 1.00. The van der Waals surface area contributed by atoms with Crippen molar-refractivity contribution >= 4 is 55.7 Å². The van der Waals surface area contributed by atoms with Crippen LogP contribution in [0.5, 0.6) is 0 Å². The molecule has 248 valence electrons. The molecule has 6 N–H and O–H groups in total. The van der Waals surface area contributed by atoms with E-state index in [9.17, 15) is 22.1 Å².